The molecule has 2 aromatic heterocycles. The Kier molecular flexibility index (Phi) is 19.0. The Labute approximate surface area is 552 Å². The van der Waals surface area contributed by atoms with Crippen molar-refractivity contribution >= 4 is 70.4 Å². The smallest absolute Gasteiger partial charge is 0.409 e. The summed E-state index contributed by atoms with van der Waals surface area (Å²) in [5.74, 6) is -5.75. The van der Waals surface area contributed by atoms with Gasteiger partial charge in [-0.3, -0.25) is 33.7 Å². The summed E-state index contributed by atoms with van der Waals surface area (Å²) in [5, 5.41) is 26.2. The lowest BCUT2D eigenvalue weighted by Crippen LogP contribution is -2.56. The van der Waals surface area contributed by atoms with E-state index in [1.165, 1.54) is 22.6 Å². The number of imide groups is 1. The second-order valence-electron chi connectivity index (χ2n) is 26.1. The average molecular weight is 1310 g/mol. The van der Waals surface area contributed by atoms with Crippen molar-refractivity contribution in [3.63, 3.8) is 0 Å². The van der Waals surface area contributed by atoms with E-state index < -0.39 is 107 Å². The summed E-state index contributed by atoms with van der Waals surface area (Å²) in [6, 6.07) is 20.2. The number of rotatable bonds is 21. The number of aryl methyl sites for hydroxylation is 1. The van der Waals surface area contributed by atoms with E-state index in [1.54, 1.807) is 72.7 Å². The highest BCUT2D eigenvalue weighted by molar-refractivity contribution is 6.14. The number of amides is 8. The molecule has 96 heavy (non-hydrogen) atoms. The van der Waals surface area contributed by atoms with Crippen molar-refractivity contribution < 1.29 is 71.6 Å². The number of ether oxygens (including phenoxy) is 4. The van der Waals surface area contributed by atoms with Crippen LogP contribution in [0.4, 0.5) is 24.5 Å². The molecule has 0 bridgehead atoms. The summed E-state index contributed by atoms with van der Waals surface area (Å²) in [5.41, 5.74) is 5.19. The van der Waals surface area contributed by atoms with Crippen LogP contribution < -0.4 is 32.1 Å². The van der Waals surface area contributed by atoms with E-state index in [0.29, 0.717) is 75.8 Å². The molecule has 5 aliphatic rings. The molecule has 0 unspecified atom stereocenters. The van der Waals surface area contributed by atoms with E-state index in [9.17, 15) is 53.1 Å². The average Bonchev–Trinajstić information content (AvgIpc) is 1.49. The van der Waals surface area contributed by atoms with Crippen LogP contribution in [0.1, 0.15) is 141 Å². The molecule has 11 rings (SSSR count). The number of cyclic esters (lactones) is 1. The van der Waals surface area contributed by atoms with Gasteiger partial charge in [0.1, 0.15) is 49.9 Å². The van der Waals surface area contributed by atoms with Gasteiger partial charge in [0.25, 0.3) is 17.4 Å². The second kappa shape index (κ2) is 27.2. The quantitative estimate of drug-likeness (QED) is 0.0172. The highest BCUT2D eigenvalue weighted by atomic mass is 19.1. The number of carbonyl (C=O) groups is 9. The molecule has 4 atom stereocenters. The number of aromatic nitrogens is 2. The molecule has 3 aliphatic heterocycles. The fourth-order valence-corrected chi connectivity index (χ4v) is 13.3. The van der Waals surface area contributed by atoms with Gasteiger partial charge in [0, 0.05) is 66.5 Å². The van der Waals surface area contributed by atoms with Gasteiger partial charge < -0.3 is 60.1 Å². The minimum absolute atomic E-state index is 0.00252. The van der Waals surface area contributed by atoms with Gasteiger partial charge in [0.2, 0.25) is 17.7 Å². The molecule has 5 heterocycles. The first-order chi connectivity index (χ1) is 45.7. The predicted octanol–water partition coefficient (Wildman–Crippen LogP) is 8.01. The molecule has 502 valence electrons. The Morgan fingerprint density at radius 1 is 0.854 bits per heavy atom. The number of carbonyl (C=O) groups excluding carboxylic acids is 9. The van der Waals surface area contributed by atoms with Gasteiger partial charge in [-0.25, -0.2) is 28.6 Å². The number of fused-ring (bicyclic) bond motifs is 8. The van der Waals surface area contributed by atoms with E-state index in [2.05, 4.69) is 26.6 Å². The van der Waals surface area contributed by atoms with Gasteiger partial charge >= 0.3 is 24.2 Å². The van der Waals surface area contributed by atoms with Crippen LogP contribution >= 0.6 is 0 Å². The molecule has 25 heteroatoms. The maximum atomic E-state index is 15.8. The molecular weight excluding hydrogens is 1240 g/mol. The van der Waals surface area contributed by atoms with Gasteiger partial charge in [-0.1, -0.05) is 75.4 Å². The molecule has 8 amide bonds. The fourth-order valence-electron chi connectivity index (χ4n) is 13.3. The summed E-state index contributed by atoms with van der Waals surface area (Å²) in [6.07, 6.45) is 1.15. The third-order valence-corrected chi connectivity index (χ3v) is 18.2. The molecule has 0 saturated carbocycles. The zero-order valence-electron chi connectivity index (χ0n) is 54.6. The van der Waals surface area contributed by atoms with E-state index in [-0.39, 0.29) is 80.5 Å². The third-order valence-electron chi connectivity index (χ3n) is 18.2. The van der Waals surface area contributed by atoms with Crippen LogP contribution in [0.15, 0.2) is 95.8 Å². The molecule has 2 aliphatic carbocycles. The number of esters is 1. The van der Waals surface area contributed by atoms with Gasteiger partial charge in [-0.15, -0.1) is 0 Å². The SMILES string of the molecule is CC[C@@]1(O)C(=O)OCc2c1cc1n(c2=O)Cc2c-1nc1cc(F)c(C)c3c1c2[C@@H](NC(=O)OCc1ccc(NC(=O)[C@H](CCCCNC(=O)OC(C)(C)C)NC(=O)[C@@H](NC(=O)CN2C(=O)C=CC2=O)C(C)C)cc1CN(C)C(=O)OCC1c2ccccc2-c2ccccc21)CC3. The molecule has 0 spiro atoms. The number of unbranched alkanes of at least 4 members (excludes halogenated alkanes) is 1. The third kappa shape index (κ3) is 13.5. The minimum Gasteiger partial charge on any atom is -0.458 e. The summed E-state index contributed by atoms with van der Waals surface area (Å²) in [7, 11) is 1.54. The van der Waals surface area contributed by atoms with Crippen molar-refractivity contribution in [1.29, 1.82) is 0 Å². The highest BCUT2D eigenvalue weighted by Gasteiger charge is 2.46. The molecule has 6 N–H and O–H groups in total. The molecular formula is C71H76FN9O15. The fraction of sp³-hybridized carbons (Fsp3) is 0.394. The monoisotopic (exact) mass is 1310 g/mol. The number of alkyl carbamates (subject to hydrolysis) is 2. The van der Waals surface area contributed by atoms with Crippen molar-refractivity contribution in [2.45, 2.75) is 149 Å². The number of anilines is 1. The van der Waals surface area contributed by atoms with Crippen molar-refractivity contribution in [1.82, 2.24) is 40.6 Å². The maximum Gasteiger partial charge on any atom is 0.409 e. The van der Waals surface area contributed by atoms with Crippen LogP contribution in [0.5, 0.6) is 0 Å². The van der Waals surface area contributed by atoms with Crippen LogP contribution in [-0.2, 0) is 86.0 Å². The van der Waals surface area contributed by atoms with Crippen LogP contribution in [0.2, 0.25) is 0 Å². The summed E-state index contributed by atoms with van der Waals surface area (Å²) in [6.45, 7) is 10.5. The van der Waals surface area contributed by atoms with Crippen molar-refractivity contribution in [2.24, 2.45) is 5.92 Å². The lowest BCUT2D eigenvalue weighted by atomic mass is 9.81. The molecule has 6 aromatic rings. The van der Waals surface area contributed by atoms with Crippen LogP contribution in [0.3, 0.4) is 0 Å². The van der Waals surface area contributed by atoms with Gasteiger partial charge in [0.15, 0.2) is 5.60 Å². The largest absolute Gasteiger partial charge is 0.458 e. The minimum atomic E-state index is -2.10. The predicted molar refractivity (Wildman–Crippen MR) is 348 cm³/mol. The number of halogens is 1. The summed E-state index contributed by atoms with van der Waals surface area (Å²) >= 11 is 0. The van der Waals surface area contributed by atoms with Crippen LogP contribution in [0, 0.1) is 18.7 Å². The second-order valence-corrected chi connectivity index (χ2v) is 26.1. The van der Waals surface area contributed by atoms with E-state index in [4.69, 9.17) is 23.9 Å². The number of aliphatic hydroxyl groups is 1. The van der Waals surface area contributed by atoms with Crippen molar-refractivity contribution in [2.75, 3.05) is 32.1 Å². The normalized spacial score (nSPS) is 17.1. The first kappa shape index (κ1) is 67.1. The molecule has 0 fully saturated rings. The number of nitrogens with zero attached hydrogens (tertiary/aromatic N) is 4. The van der Waals surface area contributed by atoms with E-state index in [1.807, 2.05) is 48.5 Å². The Bertz CT molecular complexity index is 4250. The number of hydrogen-bond donors (Lipinski definition) is 6. The zero-order valence-corrected chi connectivity index (χ0v) is 54.6. The highest BCUT2D eigenvalue weighted by Crippen LogP contribution is 2.47. The standard InChI is InChI=1S/C71H76FN9O15/c1-9-71(92)50-29-55-62-47(32-80(55)65(87)49(50)36-93-66(71)88)60-52(24-23-42-38(4)51(72)30-54(75-62)59(42)60)77-68(90)94-34-39-21-22-41(28-40(39)31-79(8)69(91)95-35-48-45-18-12-10-16-43(45)44-17-11-13-19-46(44)48)74-63(85)53(20-14-15-27-73-67(89)96-70(5,6)7)76-64(86)61(37(2)3)78-56(82)33-81-57(83)25-26-58(81)84/h10-13,16-19,21-22,25-26,28-30,37,48,52-53,61,92H,9,14-15,20,23-24,27,31-36H2,1-8H3,(H,73,89)(H,74,85)(H,76,86)(H,77,90)(H,78,82)/t52-,53-,61-,71-/m0/s1. The van der Waals surface area contributed by atoms with E-state index in [0.717, 1.165) is 39.3 Å². The Hall–Kier alpha value is -10.3. The summed E-state index contributed by atoms with van der Waals surface area (Å²) < 4.78 is 40.0. The Morgan fingerprint density at radius 3 is 2.23 bits per heavy atom. The Morgan fingerprint density at radius 2 is 1.55 bits per heavy atom. The van der Waals surface area contributed by atoms with Crippen LogP contribution in [0.25, 0.3) is 33.4 Å². The molecule has 4 aromatic carbocycles. The van der Waals surface area contributed by atoms with Gasteiger partial charge in [-0.2, -0.15) is 0 Å². The number of hydrogen-bond acceptors (Lipinski definition) is 16. The lowest BCUT2D eigenvalue weighted by molar-refractivity contribution is -0.172. The molecule has 0 saturated heterocycles. The Balaban J connectivity index is 0.855. The first-order valence-electron chi connectivity index (χ1n) is 32.1. The first-order valence-corrected chi connectivity index (χ1v) is 32.1. The van der Waals surface area contributed by atoms with Crippen molar-refractivity contribution in [3.05, 3.63) is 163 Å². The zero-order chi connectivity index (χ0) is 68.7. The molecule has 24 nitrogen and oxygen atoms in total. The van der Waals surface area contributed by atoms with Crippen molar-refractivity contribution in [3.8, 4) is 22.5 Å². The summed E-state index contributed by atoms with van der Waals surface area (Å²) in [4.78, 5) is 142. The lowest BCUT2D eigenvalue weighted by Gasteiger charge is -2.31. The van der Waals surface area contributed by atoms with Crippen LogP contribution in [-0.4, -0.2) is 123 Å². The van der Waals surface area contributed by atoms with Gasteiger partial charge in [-0.05, 0) is 140 Å². The van der Waals surface area contributed by atoms with E-state index >= 15 is 4.39 Å². The number of pyridine rings is 2. The topological polar surface area (TPSA) is 312 Å². The molecule has 0 radical (unpaired) electrons. The van der Waals surface area contributed by atoms with Gasteiger partial charge in [0.05, 0.1) is 35.1 Å². The number of nitrogens with one attached hydrogen (secondary N) is 5. The maximum absolute atomic E-state index is 15.8. The number of benzene rings is 4.